The summed E-state index contributed by atoms with van der Waals surface area (Å²) >= 11 is 2.18. The Morgan fingerprint density at radius 1 is 0.864 bits per heavy atom. The molecular weight excluding hydrogens is 685 g/mol. The molecule has 0 aromatic heterocycles. The van der Waals surface area contributed by atoms with Crippen LogP contribution in [0, 0.1) is 17.0 Å². The van der Waals surface area contributed by atoms with Gasteiger partial charge in [-0.15, -0.1) is 0 Å². The normalized spacial score (nSPS) is 14.8. The Labute approximate surface area is 274 Å². The van der Waals surface area contributed by atoms with Crippen molar-refractivity contribution in [1.82, 2.24) is 10.6 Å². The first-order valence-corrected chi connectivity index (χ1v) is 16.2. The first-order valence-electron chi connectivity index (χ1n) is 14.7. The van der Waals surface area contributed by atoms with Crippen LogP contribution in [0.1, 0.15) is 66.0 Å². The van der Waals surface area contributed by atoms with Crippen molar-refractivity contribution >= 4 is 34.6 Å². The zero-order chi connectivity index (χ0) is 32.9. The minimum atomic E-state index is -1.01. The summed E-state index contributed by atoms with van der Waals surface area (Å²) in [5, 5.41) is 5.77. The number of carbonyl (C=O) groups excluding carboxylic acids is 2. The van der Waals surface area contributed by atoms with E-state index in [9.17, 15) is 18.4 Å². The van der Waals surface area contributed by atoms with Crippen LogP contribution in [-0.4, -0.2) is 59.7 Å². The van der Waals surface area contributed by atoms with Crippen LogP contribution in [0.5, 0.6) is 0 Å². The van der Waals surface area contributed by atoms with Gasteiger partial charge in [-0.25, -0.2) is 13.6 Å². The van der Waals surface area contributed by atoms with Crippen LogP contribution in [0.2, 0.25) is 0 Å². The monoisotopic (exact) mass is 732 g/mol. The Morgan fingerprint density at radius 2 is 1.48 bits per heavy atom. The number of alkyl halides is 1. The quantitative estimate of drug-likeness (QED) is 0.113. The van der Waals surface area contributed by atoms with Gasteiger partial charge in [-0.05, 0) is 62.3 Å². The summed E-state index contributed by atoms with van der Waals surface area (Å²) in [7, 11) is 0. The number of alkyl carbamates (subject to hydrolysis) is 1. The fourth-order valence-corrected chi connectivity index (χ4v) is 4.63. The van der Waals surface area contributed by atoms with E-state index in [1.165, 1.54) is 19.1 Å². The highest BCUT2D eigenvalue weighted by Crippen LogP contribution is 2.23. The smallest absolute Gasteiger partial charge is 0.408 e. The third-order valence-corrected chi connectivity index (χ3v) is 6.71. The van der Waals surface area contributed by atoms with Crippen molar-refractivity contribution < 1.29 is 37.3 Å². The molecule has 0 aliphatic carbocycles. The lowest BCUT2D eigenvalue weighted by molar-refractivity contribution is -0.184. The number of hydrogen-bond donors (Lipinski definition) is 2. The van der Waals surface area contributed by atoms with Gasteiger partial charge in [-0.2, -0.15) is 0 Å². The number of amides is 2. The second-order valence-corrected chi connectivity index (χ2v) is 13.9. The zero-order valence-corrected chi connectivity index (χ0v) is 28.9. The van der Waals surface area contributed by atoms with E-state index in [1.54, 1.807) is 20.8 Å². The van der Waals surface area contributed by atoms with Crippen molar-refractivity contribution in [1.29, 1.82) is 0 Å². The lowest BCUT2D eigenvalue weighted by atomic mass is 9.93. The summed E-state index contributed by atoms with van der Waals surface area (Å²) in [5.74, 6) is -1.89. The molecule has 1 unspecified atom stereocenters. The molecule has 0 fully saturated rings. The maximum absolute atomic E-state index is 14.2. The number of ether oxygens (including phenoxy) is 4. The van der Waals surface area contributed by atoms with E-state index in [0.29, 0.717) is 29.6 Å². The Morgan fingerprint density at radius 3 is 2.02 bits per heavy atom. The lowest BCUT2D eigenvalue weighted by Crippen LogP contribution is -2.61. The van der Waals surface area contributed by atoms with Crippen molar-refractivity contribution in [3.63, 3.8) is 0 Å². The summed E-state index contributed by atoms with van der Waals surface area (Å²) in [4.78, 5) is 25.8. The minimum absolute atomic E-state index is 0.0127. The molecule has 2 amide bonds. The molecule has 0 aliphatic rings. The van der Waals surface area contributed by atoms with E-state index in [0.717, 1.165) is 11.6 Å². The molecule has 246 valence electrons. The summed E-state index contributed by atoms with van der Waals surface area (Å²) in [6.07, 6.45) is -2.06. The highest BCUT2D eigenvalue weighted by Gasteiger charge is 2.40. The molecule has 2 rings (SSSR count). The van der Waals surface area contributed by atoms with Crippen molar-refractivity contribution in [2.24, 2.45) is 5.41 Å². The van der Waals surface area contributed by atoms with E-state index in [-0.39, 0.29) is 18.4 Å². The molecule has 0 heterocycles. The van der Waals surface area contributed by atoms with Crippen LogP contribution < -0.4 is 10.6 Å². The molecule has 2 N–H and O–H groups in total. The molecule has 0 saturated heterocycles. The molecule has 2 aromatic rings. The van der Waals surface area contributed by atoms with Crippen LogP contribution in [0.25, 0.3) is 0 Å². The first-order chi connectivity index (χ1) is 20.6. The summed E-state index contributed by atoms with van der Waals surface area (Å²) in [6.45, 7) is 13.6. The van der Waals surface area contributed by atoms with Crippen LogP contribution in [0.4, 0.5) is 13.6 Å². The van der Waals surface area contributed by atoms with Gasteiger partial charge in [0.15, 0.2) is 6.29 Å². The van der Waals surface area contributed by atoms with Crippen molar-refractivity contribution in [3.8, 4) is 0 Å². The average Bonchev–Trinajstić information content (AvgIpc) is 2.88. The van der Waals surface area contributed by atoms with Crippen molar-refractivity contribution in [3.05, 3.63) is 71.3 Å². The number of benzene rings is 2. The van der Waals surface area contributed by atoms with Gasteiger partial charge in [0.05, 0.1) is 25.9 Å². The summed E-state index contributed by atoms with van der Waals surface area (Å²) in [6, 6.07) is 10.7. The number of rotatable bonds is 16. The van der Waals surface area contributed by atoms with E-state index < -0.39 is 53.7 Å². The van der Waals surface area contributed by atoms with E-state index >= 15 is 0 Å². The SMILES string of the molecule is CC(=O)N[C@@H](Cc1cc(F)cc(F)c1)[C@H](OCc1ccccc1)[C@@H](NC(=O)OC(C)(C)C)C(OCCI)OCCC(C)(C)C. The molecule has 11 heteroatoms. The van der Waals surface area contributed by atoms with Gasteiger partial charge in [0.25, 0.3) is 0 Å². The number of carbonyl (C=O) groups is 2. The van der Waals surface area contributed by atoms with Gasteiger partial charge >= 0.3 is 6.09 Å². The van der Waals surface area contributed by atoms with Crippen molar-refractivity contribution in [2.75, 3.05) is 17.6 Å². The maximum Gasteiger partial charge on any atom is 0.408 e. The molecule has 0 aliphatic heterocycles. The number of nitrogens with one attached hydrogen (secondary N) is 2. The van der Waals surface area contributed by atoms with E-state index in [4.69, 9.17) is 18.9 Å². The lowest BCUT2D eigenvalue weighted by Gasteiger charge is -2.38. The minimum Gasteiger partial charge on any atom is -0.444 e. The van der Waals surface area contributed by atoms with E-state index in [1.807, 2.05) is 30.3 Å². The second kappa shape index (κ2) is 18.0. The zero-order valence-electron chi connectivity index (χ0n) is 26.8. The predicted octanol–water partition coefficient (Wildman–Crippen LogP) is 6.72. The second-order valence-electron chi connectivity index (χ2n) is 12.8. The van der Waals surface area contributed by atoms with Crippen LogP contribution in [0.15, 0.2) is 48.5 Å². The third-order valence-electron chi connectivity index (χ3n) is 6.27. The van der Waals surface area contributed by atoms with Gasteiger partial charge in [0.1, 0.15) is 29.4 Å². The molecule has 0 bridgehead atoms. The maximum atomic E-state index is 14.2. The van der Waals surface area contributed by atoms with Gasteiger partial charge in [-0.3, -0.25) is 4.79 Å². The van der Waals surface area contributed by atoms with E-state index in [2.05, 4.69) is 54.0 Å². The molecule has 2 aromatic carbocycles. The first kappa shape index (κ1) is 37.8. The highest BCUT2D eigenvalue weighted by molar-refractivity contribution is 14.1. The molecular formula is C33H47F2IN2O6. The molecule has 8 nitrogen and oxygen atoms in total. The Kier molecular flexibility index (Phi) is 15.4. The Hall–Kier alpha value is -2.35. The largest absolute Gasteiger partial charge is 0.444 e. The number of halogens is 3. The van der Waals surface area contributed by atoms with Gasteiger partial charge in [-0.1, -0.05) is 73.7 Å². The summed E-state index contributed by atoms with van der Waals surface area (Å²) < 4.78 is 53.6. The molecule has 44 heavy (non-hydrogen) atoms. The Bertz CT molecular complexity index is 1150. The fourth-order valence-electron chi connectivity index (χ4n) is 4.38. The highest BCUT2D eigenvalue weighted by atomic mass is 127. The van der Waals surface area contributed by atoms with Gasteiger partial charge in [0, 0.05) is 17.4 Å². The average molecular weight is 733 g/mol. The predicted molar refractivity (Wildman–Crippen MR) is 174 cm³/mol. The van der Waals surface area contributed by atoms with Crippen molar-refractivity contribution in [2.45, 2.75) is 98.0 Å². The van der Waals surface area contributed by atoms with Gasteiger partial charge in [0.2, 0.25) is 5.91 Å². The summed E-state index contributed by atoms with van der Waals surface area (Å²) in [5.41, 5.74) is 0.288. The van der Waals surface area contributed by atoms with Crippen LogP contribution in [0.3, 0.4) is 0 Å². The Balaban J connectivity index is 2.63. The number of hydrogen-bond acceptors (Lipinski definition) is 6. The van der Waals surface area contributed by atoms with Crippen LogP contribution >= 0.6 is 22.6 Å². The van der Waals surface area contributed by atoms with Crippen LogP contribution in [-0.2, 0) is 36.8 Å². The molecule has 0 spiro atoms. The third kappa shape index (κ3) is 15.1. The standard InChI is InChI=1S/C33H47F2IN2O6/c1-22(39)37-27(19-24-17-25(34)20-26(35)18-24)29(43-21-23-11-9-8-10-12-23)28(38-31(40)44-33(5,6)7)30(42-16-14-36)41-15-13-32(2,3)4/h8-12,17-18,20,27-30H,13-16,19,21H2,1-7H3,(H,37,39)(H,38,40)/t27-,28+,29-,30?/m0/s1. The molecule has 0 radical (unpaired) electrons. The fraction of sp³-hybridized carbons (Fsp3) is 0.576. The molecule has 4 atom stereocenters. The molecule has 0 saturated carbocycles. The van der Waals surface area contributed by atoms with Gasteiger partial charge < -0.3 is 29.6 Å². The topological polar surface area (TPSA) is 95.1 Å².